The highest BCUT2D eigenvalue weighted by Crippen LogP contribution is 2.12. The molecule has 1 atom stereocenters. The predicted octanol–water partition coefficient (Wildman–Crippen LogP) is 4.22. The van der Waals surface area contributed by atoms with Crippen molar-refractivity contribution < 1.29 is 9.21 Å². The Labute approximate surface area is 177 Å². The van der Waals surface area contributed by atoms with Crippen molar-refractivity contribution in [3.05, 3.63) is 89.9 Å². The summed E-state index contributed by atoms with van der Waals surface area (Å²) in [6.07, 6.45) is 3.53. The lowest BCUT2D eigenvalue weighted by molar-refractivity contribution is 0.0996. The zero-order valence-electron chi connectivity index (χ0n) is 17.4. The van der Waals surface area contributed by atoms with Gasteiger partial charge in [-0.05, 0) is 55.2 Å². The topological polar surface area (TPSA) is 78.7 Å². The van der Waals surface area contributed by atoms with E-state index < -0.39 is 0 Å². The van der Waals surface area contributed by atoms with Crippen LogP contribution >= 0.6 is 0 Å². The van der Waals surface area contributed by atoms with E-state index in [9.17, 15) is 4.79 Å². The van der Waals surface area contributed by atoms with Gasteiger partial charge in [0, 0.05) is 25.3 Å². The Balaban J connectivity index is 1.43. The molecule has 0 fully saturated rings. The van der Waals surface area contributed by atoms with Crippen molar-refractivity contribution in [2.24, 2.45) is 4.99 Å². The van der Waals surface area contributed by atoms with Crippen LogP contribution in [-0.2, 0) is 13.0 Å². The molecule has 0 spiro atoms. The molecule has 3 rings (SSSR count). The van der Waals surface area contributed by atoms with Crippen LogP contribution < -0.4 is 16.0 Å². The minimum Gasteiger partial charge on any atom is -0.459 e. The molecular formula is C24H28N4O2. The Morgan fingerprint density at radius 2 is 1.77 bits per heavy atom. The van der Waals surface area contributed by atoms with E-state index in [1.54, 1.807) is 19.2 Å². The number of rotatable bonds is 8. The fourth-order valence-electron chi connectivity index (χ4n) is 3.02. The smallest absolute Gasteiger partial charge is 0.291 e. The second kappa shape index (κ2) is 10.9. The van der Waals surface area contributed by atoms with Crippen LogP contribution in [0.4, 0.5) is 5.69 Å². The second-order valence-corrected chi connectivity index (χ2v) is 7.12. The molecule has 6 nitrogen and oxygen atoms in total. The lowest BCUT2D eigenvalue weighted by Gasteiger charge is -2.18. The van der Waals surface area contributed by atoms with E-state index in [2.05, 4.69) is 52.1 Å². The number of carbonyl (C=O) groups is 1. The van der Waals surface area contributed by atoms with Crippen molar-refractivity contribution in [1.29, 1.82) is 0 Å². The zero-order valence-corrected chi connectivity index (χ0v) is 17.4. The molecule has 1 heterocycles. The summed E-state index contributed by atoms with van der Waals surface area (Å²) in [6.45, 7) is 2.80. The molecule has 1 aromatic heterocycles. The van der Waals surface area contributed by atoms with E-state index in [0.29, 0.717) is 12.6 Å². The van der Waals surface area contributed by atoms with Crippen LogP contribution in [0.25, 0.3) is 0 Å². The molecule has 156 valence electrons. The highest BCUT2D eigenvalue weighted by molar-refractivity contribution is 6.02. The van der Waals surface area contributed by atoms with Gasteiger partial charge in [-0.3, -0.25) is 9.79 Å². The van der Waals surface area contributed by atoms with E-state index in [-0.39, 0.29) is 11.7 Å². The van der Waals surface area contributed by atoms with Gasteiger partial charge >= 0.3 is 0 Å². The number of furan rings is 1. The molecule has 0 aliphatic rings. The number of aliphatic imine (C=N–C) groups is 1. The minimum atomic E-state index is -0.264. The van der Waals surface area contributed by atoms with Gasteiger partial charge in [-0.2, -0.15) is 0 Å². The van der Waals surface area contributed by atoms with Crippen LogP contribution in [0.2, 0.25) is 0 Å². The van der Waals surface area contributed by atoms with E-state index in [4.69, 9.17) is 4.42 Å². The first-order chi connectivity index (χ1) is 14.6. The third-order valence-electron chi connectivity index (χ3n) is 4.73. The maximum atomic E-state index is 12.0. The van der Waals surface area contributed by atoms with Crippen LogP contribution in [0.1, 0.15) is 35.0 Å². The number of guanidine groups is 1. The van der Waals surface area contributed by atoms with Crippen LogP contribution in [0.5, 0.6) is 0 Å². The highest BCUT2D eigenvalue weighted by Gasteiger charge is 2.09. The highest BCUT2D eigenvalue weighted by atomic mass is 16.3. The number of aryl methyl sites for hydroxylation is 1. The lowest BCUT2D eigenvalue weighted by atomic mass is 10.1. The van der Waals surface area contributed by atoms with Gasteiger partial charge < -0.3 is 20.4 Å². The summed E-state index contributed by atoms with van der Waals surface area (Å²) >= 11 is 0. The summed E-state index contributed by atoms with van der Waals surface area (Å²) in [7, 11) is 1.77. The molecule has 2 aromatic carbocycles. The molecule has 0 saturated carbocycles. The number of carbonyl (C=O) groups excluding carboxylic acids is 1. The van der Waals surface area contributed by atoms with Gasteiger partial charge in [0.2, 0.25) is 0 Å². The van der Waals surface area contributed by atoms with Gasteiger partial charge in [-0.1, -0.05) is 42.5 Å². The number of nitrogens with one attached hydrogen (secondary N) is 3. The summed E-state index contributed by atoms with van der Waals surface area (Å²) in [5.74, 6) is 0.794. The normalized spacial score (nSPS) is 12.3. The summed E-state index contributed by atoms with van der Waals surface area (Å²) in [6, 6.07) is 21.8. The number of benzene rings is 2. The first kappa shape index (κ1) is 21.2. The van der Waals surface area contributed by atoms with Gasteiger partial charge in [0.05, 0.1) is 6.26 Å². The molecule has 6 heteroatoms. The molecule has 3 N–H and O–H groups in total. The molecule has 0 saturated heterocycles. The van der Waals surface area contributed by atoms with Gasteiger partial charge in [-0.15, -0.1) is 0 Å². The van der Waals surface area contributed by atoms with Crippen molar-refractivity contribution in [2.45, 2.75) is 32.4 Å². The van der Waals surface area contributed by atoms with E-state index in [1.165, 1.54) is 11.8 Å². The van der Waals surface area contributed by atoms with Gasteiger partial charge in [0.25, 0.3) is 5.91 Å². The lowest BCUT2D eigenvalue weighted by Crippen LogP contribution is -2.42. The fraction of sp³-hybridized carbons (Fsp3) is 0.250. The number of anilines is 1. The standard InChI is InChI=1S/C24H28N4O2/c1-18(10-11-19-7-4-3-5-8-19)27-24(25-2)26-17-20-12-14-21(15-13-20)28-23(29)22-9-6-16-30-22/h3-9,12-16,18H,10-11,17H2,1-2H3,(H,28,29)(H2,25,26,27). The van der Waals surface area contributed by atoms with Crippen LogP contribution in [0.15, 0.2) is 82.4 Å². The van der Waals surface area contributed by atoms with E-state index in [1.807, 2.05) is 30.3 Å². The summed E-state index contributed by atoms with van der Waals surface area (Å²) in [4.78, 5) is 16.3. The van der Waals surface area contributed by atoms with Gasteiger partial charge in [-0.25, -0.2) is 0 Å². The first-order valence-corrected chi connectivity index (χ1v) is 10.1. The largest absolute Gasteiger partial charge is 0.459 e. The molecule has 0 bridgehead atoms. The third-order valence-corrected chi connectivity index (χ3v) is 4.73. The monoisotopic (exact) mass is 404 g/mol. The fourth-order valence-corrected chi connectivity index (χ4v) is 3.02. The molecular weight excluding hydrogens is 376 g/mol. The van der Waals surface area contributed by atoms with Crippen LogP contribution in [0, 0.1) is 0 Å². The maximum Gasteiger partial charge on any atom is 0.291 e. The van der Waals surface area contributed by atoms with Crippen molar-refractivity contribution in [2.75, 3.05) is 12.4 Å². The average Bonchev–Trinajstić information content (AvgIpc) is 3.32. The van der Waals surface area contributed by atoms with Crippen molar-refractivity contribution >= 4 is 17.6 Å². The Morgan fingerprint density at radius 3 is 2.43 bits per heavy atom. The number of hydrogen-bond donors (Lipinski definition) is 3. The molecule has 0 radical (unpaired) electrons. The Kier molecular flexibility index (Phi) is 7.66. The van der Waals surface area contributed by atoms with E-state index in [0.717, 1.165) is 30.1 Å². The van der Waals surface area contributed by atoms with Crippen molar-refractivity contribution in [1.82, 2.24) is 10.6 Å². The Bertz CT molecular complexity index is 935. The predicted molar refractivity (Wildman–Crippen MR) is 121 cm³/mol. The molecule has 30 heavy (non-hydrogen) atoms. The summed E-state index contributed by atoms with van der Waals surface area (Å²) < 4.78 is 5.10. The Morgan fingerprint density at radius 1 is 1.00 bits per heavy atom. The summed E-state index contributed by atoms with van der Waals surface area (Å²) in [5.41, 5.74) is 3.15. The zero-order chi connectivity index (χ0) is 21.2. The summed E-state index contributed by atoms with van der Waals surface area (Å²) in [5, 5.41) is 9.58. The van der Waals surface area contributed by atoms with Gasteiger partial charge in [0.15, 0.2) is 11.7 Å². The SMILES string of the molecule is CN=C(NCc1ccc(NC(=O)c2ccco2)cc1)NC(C)CCc1ccccc1. The molecule has 3 aromatic rings. The van der Waals surface area contributed by atoms with Crippen LogP contribution in [0.3, 0.4) is 0 Å². The quantitative estimate of drug-likeness (QED) is 0.388. The second-order valence-electron chi connectivity index (χ2n) is 7.12. The molecule has 1 amide bonds. The Hall–Kier alpha value is -3.54. The van der Waals surface area contributed by atoms with Gasteiger partial charge in [0.1, 0.15) is 0 Å². The molecule has 1 unspecified atom stereocenters. The number of hydrogen-bond acceptors (Lipinski definition) is 3. The van der Waals surface area contributed by atoms with Crippen molar-refractivity contribution in [3.8, 4) is 0 Å². The minimum absolute atomic E-state index is 0.264. The molecule has 0 aliphatic carbocycles. The number of amides is 1. The average molecular weight is 405 g/mol. The number of nitrogens with zero attached hydrogens (tertiary/aromatic N) is 1. The third kappa shape index (κ3) is 6.51. The van der Waals surface area contributed by atoms with Crippen molar-refractivity contribution in [3.63, 3.8) is 0 Å². The van der Waals surface area contributed by atoms with Crippen LogP contribution in [-0.4, -0.2) is 25.0 Å². The van der Waals surface area contributed by atoms with E-state index >= 15 is 0 Å². The maximum absolute atomic E-state index is 12.0. The molecule has 0 aliphatic heterocycles. The first-order valence-electron chi connectivity index (χ1n) is 10.1.